The Hall–Kier alpha value is -2.48. The van der Waals surface area contributed by atoms with E-state index in [2.05, 4.69) is 21.2 Å². The summed E-state index contributed by atoms with van der Waals surface area (Å²) in [4.78, 5) is 21.4. The van der Waals surface area contributed by atoms with E-state index in [-0.39, 0.29) is 16.8 Å². The van der Waals surface area contributed by atoms with E-state index >= 15 is 0 Å². The zero-order valence-electron chi connectivity index (χ0n) is 11.1. The van der Waals surface area contributed by atoms with Crippen LogP contribution in [0.25, 0.3) is 0 Å². The highest BCUT2D eigenvalue weighted by molar-refractivity contribution is 9.10. The van der Waals surface area contributed by atoms with Crippen LogP contribution in [-0.4, -0.2) is 11.0 Å². The maximum Gasteiger partial charge on any atom is 0.411 e. The van der Waals surface area contributed by atoms with Crippen molar-refractivity contribution in [1.82, 2.24) is 0 Å². The van der Waals surface area contributed by atoms with Crippen LogP contribution in [0.1, 0.15) is 5.56 Å². The maximum atomic E-state index is 13.5. The van der Waals surface area contributed by atoms with E-state index in [9.17, 15) is 19.3 Å². The monoisotopic (exact) mass is 368 g/mol. The summed E-state index contributed by atoms with van der Waals surface area (Å²) in [5.74, 6) is -1.05. The highest BCUT2D eigenvalue weighted by Crippen LogP contribution is 2.30. The van der Waals surface area contributed by atoms with Crippen molar-refractivity contribution < 1.29 is 18.8 Å². The topological polar surface area (TPSA) is 81.5 Å². The Morgan fingerprint density at radius 3 is 2.64 bits per heavy atom. The average molecular weight is 369 g/mol. The minimum absolute atomic E-state index is 0.0427. The fourth-order valence-electron chi connectivity index (χ4n) is 1.64. The molecule has 1 N–H and O–H groups in total. The first-order valence-corrected chi connectivity index (χ1v) is 6.88. The number of halogens is 2. The number of carbonyl (C=O) groups excluding carboxylic acids is 1. The van der Waals surface area contributed by atoms with Gasteiger partial charge in [0.05, 0.1) is 10.6 Å². The standard InChI is InChI=1S/C14H10BrFN2O4/c15-10-6-13(18(20)21)11(16)7-12(10)17-14(19)22-8-9-4-2-1-3-5-9/h1-7H,8H2,(H,17,19). The van der Waals surface area contributed by atoms with Crippen molar-refractivity contribution in [3.63, 3.8) is 0 Å². The Balaban J connectivity index is 2.02. The number of hydrogen-bond acceptors (Lipinski definition) is 4. The summed E-state index contributed by atoms with van der Waals surface area (Å²) in [6, 6.07) is 10.8. The third-order valence-electron chi connectivity index (χ3n) is 2.68. The Kier molecular flexibility index (Phi) is 5.05. The summed E-state index contributed by atoms with van der Waals surface area (Å²) in [7, 11) is 0. The zero-order valence-corrected chi connectivity index (χ0v) is 12.7. The molecule has 0 unspecified atom stereocenters. The van der Waals surface area contributed by atoms with Gasteiger partial charge in [-0.05, 0) is 21.5 Å². The first-order chi connectivity index (χ1) is 10.5. The van der Waals surface area contributed by atoms with Gasteiger partial charge in [0.2, 0.25) is 5.82 Å². The number of hydrogen-bond donors (Lipinski definition) is 1. The fourth-order valence-corrected chi connectivity index (χ4v) is 2.07. The lowest BCUT2D eigenvalue weighted by atomic mass is 10.2. The third-order valence-corrected chi connectivity index (χ3v) is 3.34. The summed E-state index contributed by atoms with van der Waals surface area (Å²) in [5.41, 5.74) is 0.155. The van der Waals surface area contributed by atoms with Crippen LogP contribution in [0, 0.1) is 15.9 Å². The van der Waals surface area contributed by atoms with Gasteiger partial charge in [0.1, 0.15) is 6.61 Å². The number of nitro benzene ring substituents is 1. The summed E-state index contributed by atoms with van der Waals surface area (Å²) in [5, 5.41) is 12.9. The number of nitro groups is 1. The number of ether oxygens (including phenoxy) is 1. The first kappa shape index (κ1) is 15.9. The molecule has 0 bridgehead atoms. The molecule has 0 spiro atoms. The number of rotatable bonds is 4. The highest BCUT2D eigenvalue weighted by Gasteiger charge is 2.18. The molecule has 0 saturated carbocycles. The molecule has 2 aromatic rings. The van der Waals surface area contributed by atoms with Gasteiger partial charge in [0.15, 0.2) is 0 Å². The third kappa shape index (κ3) is 4.01. The number of carbonyl (C=O) groups is 1. The van der Waals surface area contributed by atoms with Gasteiger partial charge in [0.25, 0.3) is 0 Å². The number of nitrogens with zero attached hydrogens (tertiary/aromatic N) is 1. The van der Waals surface area contributed by atoms with Gasteiger partial charge in [0, 0.05) is 16.6 Å². The van der Waals surface area contributed by atoms with E-state index in [0.29, 0.717) is 0 Å². The van der Waals surface area contributed by atoms with Gasteiger partial charge < -0.3 is 4.74 Å². The minimum atomic E-state index is -1.05. The molecule has 0 heterocycles. The Labute approximate surface area is 133 Å². The zero-order chi connectivity index (χ0) is 16.1. The van der Waals surface area contributed by atoms with Crippen LogP contribution in [0.3, 0.4) is 0 Å². The van der Waals surface area contributed by atoms with Crippen LogP contribution >= 0.6 is 15.9 Å². The molecule has 8 heteroatoms. The van der Waals surface area contributed by atoms with E-state index in [0.717, 1.165) is 17.7 Å². The molecule has 2 aromatic carbocycles. The van der Waals surface area contributed by atoms with Crippen molar-refractivity contribution in [1.29, 1.82) is 0 Å². The highest BCUT2D eigenvalue weighted by atomic mass is 79.9. The van der Waals surface area contributed by atoms with Crippen LogP contribution < -0.4 is 5.32 Å². The predicted molar refractivity (Wildman–Crippen MR) is 81.0 cm³/mol. The van der Waals surface area contributed by atoms with Gasteiger partial charge in [-0.15, -0.1) is 0 Å². The number of nitrogens with one attached hydrogen (secondary N) is 1. The van der Waals surface area contributed by atoms with Crippen LogP contribution in [0.4, 0.5) is 20.6 Å². The second-order valence-corrected chi connectivity index (χ2v) is 5.08. The fraction of sp³-hybridized carbons (Fsp3) is 0.0714. The molecular weight excluding hydrogens is 359 g/mol. The van der Waals surface area contributed by atoms with E-state index in [1.807, 2.05) is 6.07 Å². The predicted octanol–water partition coefficient (Wildman–Crippen LogP) is 4.25. The van der Waals surface area contributed by atoms with E-state index in [1.54, 1.807) is 24.3 Å². The molecule has 0 fully saturated rings. The van der Waals surface area contributed by atoms with Crippen LogP contribution in [0.5, 0.6) is 0 Å². The molecule has 0 saturated heterocycles. The number of benzene rings is 2. The molecule has 0 aromatic heterocycles. The minimum Gasteiger partial charge on any atom is -0.444 e. The molecule has 0 aliphatic carbocycles. The van der Waals surface area contributed by atoms with Crippen LogP contribution in [0.15, 0.2) is 46.9 Å². The van der Waals surface area contributed by atoms with Crippen molar-refractivity contribution in [2.45, 2.75) is 6.61 Å². The molecule has 0 radical (unpaired) electrons. The van der Waals surface area contributed by atoms with E-state index in [4.69, 9.17) is 4.74 Å². The molecular formula is C14H10BrFN2O4. The van der Waals surface area contributed by atoms with Crippen molar-refractivity contribution in [2.24, 2.45) is 0 Å². The van der Waals surface area contributed by atoms with E-state index in [1.165, 1.54) is 0 Å². The normalized spacial score (nSPS) is 10.1. The quantitative estimate of drug-likeness (QED) is 0.646. The van der Waals surface area contributed by atoms with Gasteiger partial charge >= 0.3 is 11.8 Å². The molecule has 1 amide bonds. The first-order valence-electron chi connectivity index (χ1n) is 6.08. The van der Waals surface area contributed by atoms with Crippen molar-refractivity contribution in [3.05, 3.63) is 68.4 Å². The molecule has 114 valence electrons. The Bertz CT molecular complexity index is 709. The summed E-state index contributed by atoms with van der Waals surface area (Å²) in [6.07, 6.45) is -0.794. The summed E-state index contributed by atoms with van der Waals surface area (Å²) in [6.45, 7) is 0.0553. The second-order valence-electron chi connectivity index (χ2n) is 4.23. The lowest BCUT2D eigenvalue weighted by Gasteiger charge is -2.09. The molecule has 0 aliphatic rings. The van der Waals surface area contributed by atoms with Crippen molar-refractivity contribution in [2.75, 3.05) is 5.32 Å². The second kappa shape index (κ2) is 6.99. The summed E-state index contributed by atoms with van der Waals surface area (Å²) >= 11 is 3.03. The number of amides is 1. The van der Waals surface area contributed by atoms with Gasteiger partial charge in [-0.3, -0.25) is 15.4 Å². The Morgan fingerprint density at radius 2 is 2.00 bits per heavy atom. The average Bonchev–Trinajstić information content (AvgIpc) is 2.49. The molecule has 0 aliphatic heterocycles. The maximum absolute atomic E-state index is 13.5. The van der Waals surface area contributed by atoms with Gasteiger partial charge in [-0.2, -0.15) is 4.39 Å². The van der Waals surface area contributed by atoms with Crippen LogP contribution in [0.2, 0.25) is 0 Å². The van der Waals surface area contributed by atoms with Crippen LogP contribution in [-0.2, 0) is 11.3 Å². The lowest BCUT2D eigenvalue weighted by molar-refractivity contribution is -0.387. The smallest absolute Gasteiger partial charge is 0.411 e. The van der Waals surface area contributed by atoms with E-state index < -0.39 is 22.5 Å². The molecule has 2 rings (SSSR count). The Morgan fingerprint density at radius 1 is 1.32 bits per heavy atom. The summed E-state index contributed by atoms with van der Waals surface area (Å²) < 4.78 is 18.7. The van der Waals surface area contributed by atoms with Gasteiger partial charge in [-0.1, -0.05) is 30.3 Å². The SMILES string of the molecule is O=C(Nc1cc(F)c([N+](=O)[O-])cc1Br)OCc1ccccc1. The molecule has 22 heavy (non-hydrogen) atoms. The largest absolute Gasteiger partial charge is 0.444 e. The van der Waals surface area contributed by atoms with Crippen molar-refractivity contribution >= 4 is 33.4 Å². The van der Waals surface area contributed by atoms with Gasteiger partial charge in [-0.25, -0.2) is 4.79 Å². The molecule has 0 atom stereocenters. The lowest BCUT2D eigenvalue weighted by Crippen LogP contribution is -2.14. The molecule has 6 nitrogen and oxygen atoms in total. The number of anilines is 1. The van der Waals surface area contributed by atoms with Crippen molar-refractivity contribution in [3.8, 4) is 0 Å².